The van der Waals surface area contributed by atoms with Crippen LogP contribution < -0.4 is 5.73 Å². The summed E-state index contributed by atoms with van der Waals surface area (Å²) < 4.78 is 13.5. The van der Waals surface area contributed by atoms with Gasteiger partial charge in [-0.15, -0.1) is 0 Å². The normalized spacial score (nSPS) is 19.2. The fraction of sp³-hybridized carbons (Fsp3) is 0.647. The van der Waals surface area contributed by atoms with Gasteiger partial charge in [0.15, 0.2) is 0 Å². The zero-order valence-electron chi connectivity index (χ0n) is 12.8. The zero-order valence-corrected chi connectivity index (χ0v) is 12.8. The molecule has 0 atom stereocenters. The molecule has 0 unspecified atom stereocenters. The second-order valence-corrected chi connectivity index (χ2v) is 6.16. The van der Waals surface area contributed by atoms with Crippen molar-refractivity contribution in [3.63, 3.8) is 0 Å². The number of halogens is 1. The Labute approximate surface area is 122 Å². The quantitative estimate of drug-likeness (QED) is 0.890. The summed E-state index contributed by atoms with van der Waals surface area (Å²) in [4.78, 5) is 2.44. The third kappa shape index (κ3) is 3.58. The number of rotatable bonds is 5. The van der Waals surface area contributed by atoms with Crippen molar-refractivity contribution in [1.29, 1.82) is 0 Å². The Hall–Kier alpha value is -0.930. The van der Waals surface area contributed by atoms with Crippen molar-refractivity contribution in [2.75, 3.05) is 13.1 Å². The van der Waals surface area contributed by atoms with Crippen molar-refractivity contribution in [3.05, 3.63) is 35.1 Å². The van der Waals surface area contributed by atoms with Crippen LogP contribution in [0.2, 0.25) is 0 Å². The average Bonchev–Trinajstić information content (AvgIpc) is 2.48. The van der Waals surface area contributed by atoms with Crippen LogP contribution in [0.1, 0.15) is 50.7 Å². The smallest absolute Gasteiger partial charge is 0.123 e. The molecule has 0 radical (unpaired) electrons. The average molecular weight is 278 g/mol. The molecular weight excluding hydrogens is 251 g/mol. The Balaban J connectivity index is 1.97. The molecule has 20 heavy (non-hydrogen) atoms. The molecule has 1 heterocycles. The minimum absolute atomic E-state index is 0.170. The van der Waals surface area contributed by atoms with Gasteiger partial charge in [-0.3, -0.25) is 4.90 Å². The highest BCUT2D eigenvalue weighted by Crippen LogP contribution is 2.38. The molecule has 0 aromatic heterocycles. The summed E-state index contributed by atoms with van der Waals surface area (Å²) >= 11 is 0. The summed E-state index contributed by atoms with van der Waals surface area (Å²) in [5.74, 6) is -0.170. The molecule has 0 spiro atoms. The highest BCUT2D eigenvalue weighted by atomic mass is 19.1. The van der Waals surface area contributed by atoms with Gasteiger partial charge in [0.2, 0.25) is 0 Å². The number of hydrogen-bond donors (Lipinski definition) is 1. The van der Waals surface area contributed by atoms with E-state index in [0.29, 0.717) is 12.0 Å². The predicted molar refractivity (Wildman–Crippen MR) is 81.8 cm³/mol. The fourth-order valence-corrected chi connectivity index (χ4v) is 3.33. The van der Waals surface area contributed by atoms with E-state index in [0.717, 1.165) is 30.8 Å². The molecule has 0 bridgehead atoms. The lowest BCUT2D eigenvalue weighted by atomic mass is 9.74. The van der Waals surface area contributed by atoms with Gasteiger partial charge < -0.3 is 5.73 Å². The minimum Gasteiger partial charge on any atom is -0.326 e. The van der Waals surface area contributed by atoms with E-state index in [9.17, 15) is 4.39 Å². The third-order valence-electron chi connectivity index (χ3n) is 5.08. The first-order valence-corrected chi connectivity index (χ1v) is 7.81. The number of nitrogens with two attached hydrogens (primary N) is 1. The van der Waals surface area contributed by atoms with Crippen LogP contribution >= 0.6 is 0 Å². The van der Waals surface area contributed by atoms with Crippen molar-refractivity contribution in [1.82, 2.24) is 4.90 Å². The van der Waals surface area contributed by atoms with E-state index in [4.69, 9.17) is 5.73 Å². The molecule has 1 aromatic rings. The molecule has 0 saturated carbocycles. The lowest BCUT2D eigenvalue weighted by molar-refractivity contribution is 0.0908. The maximum absolute atomic E-state index is 13.5. The van der Waals surface area contributed by atoms with Gasteiger partial charge >= 0.3 is 0 Å². The van der Waals surface area contributed by atoms with Gasteiger partial charge in [0.05, 0.1) is 0 Å². The Bertz CT molecular complexity index is 431. The van der Waals surface area contributed by atoms with Crippen LogP contribution in [-0.4, -0.2) is 18.0 Å². The summed E-state index contributed by atoms with van der Waals surface area (Å²) in [6.45, 7) is 8.10. The summed E-state index contributed by atoms with van der Waals surface area (Å²) in [6.07, 6.45) is 5.07. The maximum Gasteiger partial charge on any atom is 0.123 e. The molecular formula is C17H27FN2. The second-order valence-electron chi connectivity index (χ2n) is 6.16. The highest BCUT2D eigenvalue weighted by molar-refractivity contribution is 5.24. The van der Waals surface area contributed by atoms with Gasteiger partial charge in [0.1, 0.15) is 5.82 Å². The van der Waals surface area contributed by atoms with Crippen molar-refractivity contribution in [2.45, 2.75) is 52.6 Å². The van der Waals surface area contributed by atoms with Crippen molar-refractivity contribution >= 4 is 0 Å². The van der Waals surface area contributed by atoms with Crippen LogP contribution in [0.25, 0.3) is 0 Å². The number of nitrogens with zero attached hydrogens (tertiary/aromatic N) is 1. The van der Waals surface area contributed by atoms with Crippen molar-refractivity contribution in [3.8, 4) is 0 Å². The molecule has 1 fully saturated rings. The topological polar surface area (TPSA) is 29.3 Å². The molecule has 1 aliphatic rings. The van der Waals surface area contributed by atoms with E-state index in [2.05, 4.69) is 18.7 Å². The molecule has 3 heteroatoms. The molecule has 2 N–H and O–H groups in total. The van der Waals surface area contributed by atoms with E-state index < -0.39 is 0 Å². The van der Waals surface area contributed by atoms with Crippen LogP contribution in [0.15, 0.2) is 18.2 Å². The van der Waals surface area contributed by atoms with Crippen LogP contribution in [-0.2, 0) is 13.1 Å². The standard InChI is InChI=1S/C17H27FN2/c1-3-17(4-2)5-7-20(8-6-17)13-15-9-14(12-19)10-16(18)11-15/h9-11H,3-8,12-13,19H2,1-2H3. The van der Waals surface area contributed by atoms with Crippen molar-refractivity contribution < 1.29 is 4.39 Å². The third-order valence-corrected chi connectivity index (χ3v) is 5.08. The lowest BCUT2D eigenvalue weighted by Gasteiger charge is -2.41. The largest absolute Gasteiger partial charge is 0.326 e. The molecule has 1 aromatic carbocycles. The molecule has 2 rings (SSSR count). The molecule has 2 nitrogen and oxygen atoms in total. The van der Waals surface area contributed by atoms with E-state index in [1.54, 1.807) is 6.07 Å². The van der Waals surface area contributed by atoms with Gasteiger partial charge in [-0.25, -0.2) is 4.39 Å². The summed E-state index contributed by atoms with van der Waals surface area (Å²) in [5, 5.41) is 0. The minimum atomic E-state index is -0.170. The maximum atomic E-state index is 13.5. The van der Waals surface area contributed by atoms with Crippen LogP contribution in [0.5, 0.6) is 0 Å². The number of likely N-dealkylation sites (tertiary alicyclic amines) is 1. The molecule has 1 aliphatic heterocycles. The van der Waals surface area contributed by atoms with Crippen molar-refractivity contribution in [2.24, 2.45) is 11.1 Å². The molecule has 112 valence electrons. The predicted octanol–water partition coefficient (Wildman–Crippen LogP) is 3.69. The van der Waals surface area contributed by atoms with Crippen LogP contribution in [0.3, 0.4) is 0 Å². The SMILES string of the molecule is CCC1(CC)CCN(Cc2cc(F)cc(CN)c2)CC1. The molecule has 1 saturated heterocycles. The lowest BCUT2D eigenvalue weighted by Crippen LogP contribution is -2.39. The van der Waals surface area contributed by atoms with Gasteiger partial charge in [-0.1, -0.05) is 32.8 Å². The first-order chi connectivity index (χ1) is 9.60. The Kier molecular flexibility index (Phi) is 5.17. The fourth-order valence-electron chi connectivity index (χ4n) is 3.33. The summed E-state index contributed by atoms with van der Waals surface area (Å²) in [6, 6.07) is 5.20. The summed E-state index contributed by atoms with van der Waals surface area (Å²) in [7, 11) is 0. The van der Waals surface area contributed by atoms with Gasteiger partial charge in [0, 0.05) is 13.1 Å². The van der Waals surface area contributed by atoms with Gasteiger partial charge in [0.25, 0.3) is 0 Å². The molecule has 0 aliphatic carbocycles. The number of benzene rings is 1. The molecule has 0 amide bonds. The Morgan fingerprint density at radius 2 is 1.70 bits per heavy atom. The zero-order chi connectivity index (χ0) is 14.6. The monoisotopic (exact) mass is 278 g/mol. The van der Waals surface area contributed by atoms with Gasteiger partial charge in [-0.05, 0) is 54.6 Å². The van der Waals surface area contributed by atoms with E-state index in [-0.39, 0.29) is 5.82 Å². The highest BCUT2D eigenvalue weighted by Gasteiger charge is 2.30. The van der Waals surface area contributed by atoms with E-state index >= 15 is 0 Å². The van der Waals surface area contributed by atoms with E-state index in [1.165, 1.54) is 31.7 Å². The van der Waals surface area contributed by atoms with E-state index in [1.807, 2.05) is 6.07 Å². The first kappa shape index (κ1) is 15.5. The summed E-state index contributed by atoms with van der Waals surface area (Å²) in [5.41, 5.74) is 8.08. The Morgan fingerprint density at radius 3 is 2.25 bits per heavy atom. The second kappa shape index (κ2) is 6.68. The van der Waals surface area contributed by atoms with Crippen LogP contribution in [0, 0.1) is 11.2 Å². The first-order valence-electron chi connectivity index (χ1n) is 7.81. The Morgan fingerprint density at radius 1 is 1.10 bits per heavy atom. The van der Waals surface area contributed by atoms with Crippen LogP contribution in [0.4, 0.5) is 4.39 Å². The number of hydrogen-bond acceptors (Lipinski definition) is 2. The van der Waals surface area contributed by atoms with Gasteiger partial charge in [-0.2, -0.15) is 0 Å². The number of piperidine rings is 1.